The molecule has 10 heteroatoms. The number of morpholine rings is 1. The highest BCUT2D eigenvalue weighted by Crippen LogP contribution is 2.26. The summed E-state index contributed by atoms with van der Waals surface area (Å²) in [5, 5.41) is 12.4. The number of amides is 2. The van der Waals surface area contributed by atoms with E-state index < -0.39 is 17.7 Å². The van der Waals surface area contributed by atoms with Crippen molar-refractivity contribution in [2.24, 2.45) is 0 Å². The first-order valence-electron chi connectivity index (χ1n) is 11.2. The van der Waals surface area contributed by atoms with Crippen LogP contribution in [-0.4, -0.2) is 91.7 Å². The summed E-state index contributed by atoms with van der Waals surface area (Å²) < 4.78 is 18.4. The Morgan fingerprint density at radius 2 is 1.62 bits per heavy atom. The molecule has 180 valence electrons. The summed E-state index contributed by atoms with van der Waals surface area (Å²) in [6.07, 6.45) is 0. The molecule has 2 aliphatic heterocycles. The van der Waals surface area contributed by atoms with Crippen LogP contribution in [0.25, 0.3) is 0 Å². The number of anilines is 2. The van der Waals surface area contributed by atoms with Crippen LogP contribution in [0.1, 0.15) is 20.7 Å². The number of nitrogens with zero attached hydrogens (tertiary/aromatic N) is 3. The van der Waals surface area contributed by atoms with E-state index in [0.717, 1.165) is 0 Å². The molecule has 2 aromatic carbocycles. The van der Waals surface area contributed by atoms with Gasteiger partial charge in [-0.05, 0) is 42.5 Å². The van der Waals surface area contributed by atoms with E-state index in [4.69, 9.17) is 4.74 Å². The molecular weight excluding hydrogens is 443 g/mol. The molecule has 2 fully saturated rings. The van der Waals surface area contributed by atoms with Gasteiger partial charge in [0.1, 0.15) is 5.82 Å². The topological polar surface area (TPSA) is 102 Å². The molecule has 0 aromatic heterocycles. The Bertz CT molecular complexity index is 1050. The highest BCUT2D eigenvalue weighted by Gasteiger charge is 2.25. The lowest BCUT2D eigenvalue weighted by Gasteiger charge is -2.37. The standard InChI is InChI=1S/C24H27FN4O5/c25-18-3-1-17(2-4-18)23(31)26-19-5-6-21(20(15-19)24(32)33)28-9-7-27(8-10-28)16-22(30)29-11-13-34-14-12-29/h1-6,15H,7-14,16H2,(H,26,31)(H,32,33). The largest absolute Gasteiger partial charge is 0.478 e. The van der Waals surface area contributed by atoms with E-state index in [1.165, 1.54) is 30.3 Å². The van der Waals surface area contributed by atoms with Crippen molar-refractivity contribution in [1.29, 1.82) is 0 Å². The number of hydrogen-bond acceptors (Lipinski definition) is 6. The van der Waals surface area contributed by atoms with Gasteiger partial charge in [0.25, 0.3) is 5.91 Å². The zero-order valence-corrected chi connectivity index (χ0v) is 18.7. The van der Waals surface area contributed by atoms with Gasteiger partial charge in [0.2, 0.25) is 5.91 Å². The van der Waals surface area contributed by atoms with E-state index >= 15 is 0 Å². The lowest BCUT2D eigenvalue weighted by Crippen LogP contribution is -2.51. The van der Waals surface area contributed by atoms with Crippen LogP contribution in [0.4, 0.5) is 15.8 Å². The normalized spacial score (nSPS) is 16.9. The molecule has 4 rings (SSSR count). The number of benzene rings is 2. The molecule has 9 nitrogen and oxygen atoms in total. The number of nitrogens with one attached hydrogen (secondary N) is 1. The first-order chi connectivity index (χ1) is 16.4. The molecule has 0 atom stereocenters. The van der Waals surface area contributed by atoms with Crippen molar-refractivity contribution in [2.45, 2.75) is 0 Å². The van der Waals surface area contributed by atoms with E-state index in [-0.39, 0.29) is 17.0 Å². The molecule has 0 bridgehead atoms. The number of piperazine rings is 1. The van der Waals surface area contributed by atoms with Crippen molar-refractivity contribution in [3.63, 3.8) is 0 Å². The first-order valence-corrected chi connectivity index (χ1v) is 11.2. The highest BCUT2D eigenvalue weighted by molar-refractivity contribution is 6.05. The van der Waals surface area contributed by atoms with Crippen molar-refractivity contribution in [2.75, 3.05) is 69.2 Å². The van der Waals surface area contributed by atoms with Crippen molar-refractivity contribution in [1.82, 2.24) is 9.80 Å². The number of aromatic carboxylic acids is 1. The van der Waals surface area contributed by atoms with Gasteiger partial charge in [-0.15, -0.1) is 0 Å². The minimum Gasteiger partial charge on any atom is -0.478 e. The van der Waals surface area contributed by atoms with Crippen LogP contribution in [0, 0.1) is 5.82 Å². The second-order valence-electron chi connectivity index (χ2n) is 8.25. The maximum Gasteiger partial charge on any atom is 0.337 e. The third-order valence-electron chi connectivity index (χ3n) is 6.03. The predicted octanol–water partition coefficient (Wildman–Crippen LogP) is 1.76. The zero-order chi connectivity index (χ0) is 24.1. The van der Waals surface area contributed by atoms with Gasteiger partial charge >= 0.3 is 5.97 Å². The molecule has 0 saturated carbocycles. The average molecular weight is 471 g/mol. The minimum absolute atomic E-state index is 0.0785. The number of ether oxygens (including phenoxy) is 1. The molecule has 0 unspecified atom stereocenters. The smallest absolute Gasteiger partial charge is 0.337 e. The molecule has 2 heterocycles. The average Bonchev–Trinajstić information content (AvgIpc) is 2.85. The summed E-state index contributed by atoms with van der Waals surface area (Å²) in [7, 11) is 0. The molecular formula is C24H27FN4O5. The van der Waals surface area contributed by atoms with Crippen molar-refractivity contribution >= 4 is 29.2 Å². The van der Waals surface area contributed by atoms with Crippen LogP contribution in [0.3, 0.4) is 0 Å². The van der Waals surface area contributed by atoms with Crippen molar-refractivity contribution in [3.05, 3.63) is 59.4 Å². The Labute approximate surface area is 196 Å². The van der Waals surface area contributed by atoms with Crippen LogP contribution in [0.2, 0.25) is 0 Å². The Balaban J connectivity index is 1.38. The molecule has 0 aliphatic carbocycles. The van der Waals surface area contributed by atoms with Crippen LogP contribution >= 0.6 is 0 Å². The van der Waals surface area contributed by atoms with E-state index in [9.17, 15) is 23.9 Å². The van der Waals surface area contributed by atoms with Crippen LogP contribution in [0.5, 0.6) is 0 Å². The van der Waals surface area contributed by atoms with E-state index in [0.29, 0.717) is 70.4 Å². The van der Waals surface area contributed by atoms with Crippen LogP contribution in [0.15, 0.2) is 42.5 Å². The second-order valence-corrected chi connectivity index (χ2v) is 8.25. The Morgan fingerprint density at radius 3 is 2.26 bits per heavy atom. The van der Waals surface area contributed by atoms with Crippen LogP contribution < -0.4 is 10.2 Å². The maximum absolute atomic E-state index is 13.1. The highest BCUT2D eigenvalue weighted by atomic mass is 19.1. The molecule has 2 aliphatic rings. The zero-order valence-electron chi connectivity index (χ0n) is 18.7. The third kappa shape index (κ3) is 5.70. The quantitative estimate of drug-likeness (QED) is 0.663. The number of rotatable bonds is 6. The molecule has 34 heavy (non-hydrogen) atoms. The van der Waals surface area contributed by atoms with Gasteiger partial charge in [-0.1, -0.05) is 0 Å². The van der Waals surface area contributed by atoms with Gasteiger partial charge in [0.15, 0.2) is 0 Å². The summed E-state index contributed by atoms with van der Waals surface area (Å²) in [5.41, 5.74) is 1.25. The minimum atomic E-state index is -1.10. The third-order valence-corrected chi connectivity index (χ3v) is 6.03. The lowest BCUT2D eigenvalue weighted by molar-refractivity contribution is -0.136. The molecule has 2 N–H and O–H groups in total. The number of carboxylic acid groups (broad SMARTS) is 1. The first kappa shape index (κ1) is 23.7. The fourth-order valence-electron chi connectivity index (χ4n) is 4.12. The van der Waals surface area contributed by atoms with Crippen molar-refractivity contribution in [3.8, 4) is 0 Å². The summed E-state index contributed by atoms with van der Waals surface area (Å²) in [5.74, 6) is -1.91. The summed E-state index contributed by atoms with van der Waals surface area (Å²) in [6.45, 7) is 5.14. The predicted molar refractivity (Wildman–Crippen MR) is 124 cm³/mol. The Hall–Kier alpha value is -3.50. The van der Waals surface area contributed by atoms with E-state index in [1.807, 2.05) is 9.80 Å². The summed E-state index contributed by atoms with van der Waals surface area (Å²) in [6, 6.07) is 9.85. The molecule has 2 amide bonds. The molecule has 0 spiro atoms. The van der Waals surface area contributed by atoms with Gasteiger partial charge in [-0.2, -0.15) is 0 Å². The fraction of sp³-hybridized carbons (Fsp3) is 0.375. The summed E-state index contributed by atoms with van der Waals surface area (Å²) >= 11 is 0. The van der Waals surface area contributed by atoms with Gasteiger partial charge in [0.05, 0.1) is 31.0 Å². The molecule has 2 aromatic rings. The van der Waals surface area contributed by atoms with Crippen molar-refractivity contribution < 1.29 is 28.6 Å². The lowest BCUT2D eigenvalue weighted by atomic mass is 10.1. The number of carboxylic acids is 1. The Morgan fingerprint density at radius 1 is 0.941 bits per heavy atom. The van der Waals surface area contributed by atoms with Gasteiger partial charge in [-0.3, -0.25) is 14.5 Å². The number of hydrogen-bond donors (Lipinski definition) is 2. The van der Waals surface area contributed by atoms with Crippen LogP contribution in [-0.2, 0) is 9.53 Å². The van der Waals surface area contributed by atoms with Gasteiger partial charge in [0, 0.05) is 50.5 Å². The number of halogens is 1. The molecule has 2 saturated heterocycles. The Kier molecular flexibility index (Phi) is 7.39. The second kappa shape index (κ2) is 10.6. The maximum atomic E-state index is 13.1. The monoisotopic (exact) mass is 470 g/mol. The van der Waals surface area contributed by atoms with E-state index in [1.54, 1.807) is 12.1 Å². The number of carbonyl (C=O) groups is 3. The summed E-state index contributed by atoms with van der Waals surface area (Å²) in [4.78, 5) is 42.7. The van der Waals surface area contributed by atoms with Gasteiger partial charge < -0.3 is 25.0 Å². The fourth-order valence-corrected chi connectivity index (χ4v) is 4.12. The van der Waals surface area contributed by atoms with Gasteiger partial charge in [-0.25, -0.2) is 9.18 Å². The SMILES string of the molecule is O=C(Nc1ccc(N2CCN(CC(=O)N3CCOCC3)CC2)c(C(=O)O)c1)c1ccc(F)cc1. The molecule has 0 radical (unpaired) electrons. The van der Waals surface area contributed by atoms with E-state index in [2.05, 4.69) is 10.2 Å². The number of carbonyl (C=O) groups excluding carboxylic acids is 2.